The number of carbonyl (C=O) groups is 3. The molecule has 35 heavy (non-hydrogen) atoms. The smallest absolute Gasteiger partial charge is 0.265 e. The highest BCUT2D eigenvalue weighted by molar-refractivity contribution is 7.17. The topological polar surface area (TPSA) is 111 Å². The van der Waals surface area contributed by atoms with Crippen molar-refractivity contribution in [3.05, 3.63) is 74.6 Å². The second-order valence-corrected chi connectivity index (χ2v) is 9.93. The van der Waals surface area contributed by atoms with Crippen LogP contribution in [0.2, 0.25) is 5.02 Å². The Balaban J connectivity index is 1.40. The molecule has 0 saturated carbocycles. The van der Waals surface area contributed by atoms with Gasteiger partial charge in [-0.3, -0.25) is 14.4 Å². The fourth-order valence-electron chi connectivity index (χ4n) is 4.01. The molecular weight excluding hydrogens is 486 g/mol. The number of ether oxygens (including phenoxy) is 1. The van der Waals surface area contributed by atoms with Crippen molar-refractivity contribution < 1.29 is 19.1 Å². The van der Waals surface area contributed by atoms with E-state index in [0.717, 1.165) is 41.7 Å². The van der Waals surface area contributed by atoms with Gasteiger partial charge in [0.05, 0.1) is 5.56 Å². The number of primary amides is 1. The number of nitrogens with two attached hydrogens (primary N) is 1. The molecule has 4 rings (SSSR count). The number of rotatable bonds is 7. The van der Waals surface area contributed by atoms with Crippen LogP contribution in [0.25, 0.3) is 0 Å². The SMILES string of the molecule is Cc1c(Cl)cccc1NC(=O)C(C)Oc1ccc(C(=O)Nc2sc3c(c2C(N)=O)CCCC3)cc1. The van der Waals surface area contributed by atoms with Crippen LogP contribution in [0.4, 0.5) is 10.7 Å². The van der Waals surface area contributed by atoms with Gasteiger partial charge in [-0.25, -0.2) is 0 Å². The predicted octanol–water partition coefficient (Wildman–Crippen LogP) is 5.35. The van der Waals surface area contributed by atoms with Gasteiger partial charge in [0, 0.05) is 21.2 Å². The van der Waals surface area contributed by atoms with E-state index in [1.165, 1.54) is 11.3 Å². The van der Waals surface area contributed by atoms with E-state index < -0.39 is 12.0 Å². The number of benzene rings is 2. The Labute approximate surface area is 212 Å². The molecule has 1 aromatic heterocycles. The first-order valence-electron chi connectivity index (χ1n) is 11.3. The fraction of sp³-hybridized carbons (Fsp3) is 0.269. The zero-order valence-corrected chi connectivity index (χ0v) is 21.0. The van der Waals surface area contributed by atoms with E-state index in [2.05, 4.69) is 10.6 Å². The summed E-state index contributed by atoms with van der Waals surface area (Å²) >= 11 is 7.53. The molecule has 3 aromatic rings. The Morgan fingerprint density at radius 3 is 2.49 bits per heavy atom. The quantitative estimate of drug-likeness (QED) is 0.397. The van der Waals surface area contributed by atoms with E-state index in [9.17, 15) is 14.4 Å². The van der Waals surface area contributed by atoms with E-state index in [0.29, 0.717) is 32.6 Å². The number of halogens is 1. The third kappa shape index (κ3) is 5.49. The summed E-state index contributed by atoms with van der Waals surface area (Å²) < 4.78 is 5.74. The van der Waals surface area contributed by atoms with Gasteiger partial charge in [0.2, 0.25) is 0 Å². The zero-order valence-electron chi connectivity index (χ0n) is 19.4. The van der Waals surface area contributed by atoms with Crippen molar-refractivity contribution in [2.24, 2.45) is 5.73 Å². The molecule has 0 bridgehead atoms. The maximum atomic E-state index is 12.8. The van der Waals surface area contributed by atoms with Crippen LogP contribution in [0.1, 0.15) is 56.5 Å². The monoisotopic (exact) mass is 511 g/mol. The largest absolute Gasteiger partial charge is 0.481 e. The van der Waals surface area contributed by atoms with Crippen molar-refractivity contribution in [1.29, 1.82) is 0 Å². The molecule has 0 fully saturated rings. The van der Waals surface area contributed by atoms with Crippen molar-refractivity contribution in [2.45, 2.75) is 45.6 Å². The minimum atomic E-state index is -0.774. The Morgan fingerprint density at radius 1 is 1.06 bits per heavy atom. The van der Waals surface area contributed by atoms with E-state index in [1.54, 1.807) is 49.4 Å². The van der Waals surface area contributed by atoms with Gasteiger partial charge < -0.3 is 21.1 Å². The third-order valence-corrected chi connectivity index (χ3v) is 7.59. The lowest BCUT2D eigenvalue weighted by Gasteiger charge is -2.16. The summed E-state index contributed by atoms with van der Waals surface area (Å²) in [5.74, 6) is -0.752. The molecule has 0 spiro atoms. The standard InChI is InChI=1S/C26H26ClN3O4S/c1-14-19(27)7-5-8-20(14)29-24(32)15(2)34-17-12-10-16(11-13-17)25(33)30-26-22(23(28)31)18-6-3-4-9-21(18)35-26/h5,7-8,10-13,15H,3-4,6,9H2,1-2H3,(H2,28,31)(H,29,32)(H,30,33). The Morgan fingerprint density at radius 2 is 1.77 bits per heavy atom. The number of thiophene rings is 1. The lowest BCUT2D eigenvalue weighted by Crippen LogP contribution is -2.30. The number of fused-ring (bicyclic) bond motifs is 1. The zero-order chi connectivity index (χ0) is 25.1. The van der Waals surface area contributed by atoms with Crippen molar-refractivity contribution in [2.75, 3.05) is 10.6 Å². The lowest BCUT2D eigenvalue weighted by molar-refractivity contribution is -0.122. The second-order valence-electron chi connectivity index (χ2n) is 8.42. The van der Waals surface area contributed by atoms with Crippen LogP contribution in [0.15, 0.2) is 42.5 Å². The summed E-state index contributed by atoms with van der Waals surface area (Å²) in [7, 11) is 0. The summed E-state index contributed by atoms with van der Waals surface area (Å²) in [5.41, 5.74) is 8.79. The van der Waals surface area contributed by atoms with Gasteiger partial charge in [0.25, 0.3) is 17.7 Å². The third-order valence-electron chi connectivity index (χ3n) is 5.97. The Bertz CT molecular complexity index is 1290. The molecule has 3 amide bonds. The van der Waals surface area contributed by atoms with Crippen LogP contribution in [-0.2, 0) is 17.6 Å². The van der Waals surface area contributed by atoms with Crippen molar-refractivity contribution in [3.8, 4) is 5.75 Å². The molecule has 182 valence electrons. The molecule has 0 aliphatic heterocycles. The van der Waals surface area contributed by atoms with Crippen LogP contribution in [-0.4, -0.2) is 23.8 Å². The van der Waals surface area contributed by atoms with Gasteiger partial charge in [-0.15, -0.1) is 11.3 Å². The molecule has 1 heterocycles. The number of hydrogen-bond donors (Lipinski definition) is 3. The molecule has 7 nitrogen and oxygen atoms in total. The predicted molar refractivity (Wildman–Crippen MR) is 139 cm³/mol. The molecule has 0 saturated heterocycles. The Hall–Kier alpha value is -3.36. The van der Waals surface area contributed by atoms with Crippen LogP contribution in [0.3, 0.4) is 0 Å². The number of carbonyl (C=O) groups excluding carboxylic acids is 3. The highest BCUT2D eigenvalue weighted by atomic mass is 35.5. The summed E-state index contributed by atoms with van der Waals surface area (Å²) in [6.07, 6.45) is 2.99. The first-order chi connectivity index (χ1) is 16.7. The van der Waals surface area contributed by atoms with Gasteiger partial charge in [0.15, 0.2) is 6.10 Å². The molecule has 1 unspecified atom stereocenters. The van der Waals surface area contributed by atoms with E-state index in [1.807, 2.05) is 6.92 Å². The van der Waals surface area contributed by atoms with Crippen molar-refractivity contribution in [3.63, 3.8) is 0 Å². The minimum absolute atomic E-state index is 0.321. The van der Waals surface area contributed by atoms with Gasteiger partial charge in [0.1, 0.15) is 10.8 Å². The fourth-order valence-corrected chi connectivity index (χ4v) is 5.47. The highest BCUT2D eigenvalue weighted by Crippen LogP contribution is 2.38. The summed E-state index contributed by atoms with van der Waals surface area (Å²) in [5, 5.41) is 6.72. The summed E-state index contributed by atoms with van der Waals surface area (Å²) in [6, 6.07) is 11.7. The van der Waals surface area contributed by atoms with E-state index >= 15 is 0 Å². The molecule has 1 aliphatic rings. The summed E-state index contributed by atoms with van der Waals surface area (Å²) in [4.78, 5) is 38.5. The molecule has 1 atom stereocenters. The van der Waals surface area contributed by atoms with Gasteiger partial charge in [-0.05, 0) is 87.1 Å². The number of aryl methyl sites for hydroxylation is 1. The first kappa shape index (κ1) is 24.8. The van der Waals surface area contributed by atoms with Crippen LogP contribution in [0, 0.1) is 6.92 Å². The molecule has 9 heteroatoms. The maximum Gasteiger partial charge on any atom is 0.265 e. The molecule has 2 aromatic carbocycles. The molecule has 1 aliphatic carbocycles. The molecular formula is C26H26ClN3O4S. The normalized spacial score (nSPS) is 13.5. The first-order valence-corrected chi connectivity index (χ1v) is 12.5. The van der Waals surface area contributed by atoms with Crippen molar-refractivity contribution in [1.82, 2.24) is 0 Å². The molecule has 0 radical (unpaired) electrons. The van der Waals surface area contributed by atoms with E-state index in [-0.39, 0.29) is 11.8 Å². The van der Waals surface area contributed by atoms with Gasteiger partial charge in [-0.1, -0.05) is 17.7 Å². The van der Waals surface area contributed by atoms with Crippen molar-refractivity contribution >= 4 is 51.3 Å². The van der Waals surface area contributed by atoms with E-state index in [4.69, 9.17) is 22.1 Å². The average molecular weight is 512 g/mol. The van der Waals surface area contributed by atoms with Gasteiger partial charge >= 0.3 is 0 Å². The van der Waals surface area contributed by atoms with Crippen LogP contribution >= 0.6 is 22.9 Å². The average Bonchev–Trinajstić information content (AvgIpc) is 3.20. The Kier molecular flexibility index (Phi) is 7.42. The van der Waals surface area contributed by atoms with Crippen LogP contribution < -0.4 is 21.1 Å². The van der Waals surface area contributed by atoms with Crippen LogP contribution in [0.5, 0.6) is 5.75 Å². The van der Waals surface area contributed by atoms with Gasteiger partial charge in [-0.2, -0.15) is 0 Å². The number of hydrogen-bond acceptors (Lipinski definition) is 5. The highest BCUT2D eigenvalue weighted by Gasteiger charge is 2.25. The lowest BCUT2D eigenvalue weighted by atomic mass is 9.95. The number of amides is 3. The second kappa shape index (κ2) is 10.5. The molecule has 4 N–H and O–H groups in total. The maximum absolute atomic E-state index is 12.8. The number of anilines is 2. The minimum Gasteiger partial charge on any atom is -0.481 e. The number of nitrogens with one attached hydrogen (secondary N) is 2. The summed E-state index contributed by atoms with van der Waals surface area (Å²) in [6.45, 7) is 3.46.